The fourth-order valence-corrected chi connectivity index (χ4v) is 4.89. The number of aromatic nitrogens is 2. The van der Waals surface area contributed by atoms with E-state index in [4.69, 9.17) is 26.8 Å². The Morgan fingerprint density at radius 3 is 2.52 bits per heavy atom. The van der Waals surface area contributed by atoms with Crippen LogP contribution in [0.1, 0.15) is 40.2 Å². The van der Waals surface area contributed by atoms with Crippen LogP contribution in [0.25, 0.3) is 11.3 Å². The number of imidazole rings is 1. The molecule has 3 amide bonds. The highest BCUT2D eigenvalue weighted by Gasteiger charge is 2.26. The van der Waals surface area contributed by atoms with Gasteiger partial charge in [-0.2, -0.15) is 4.39 Å². The maximum absolute atomic E-state index is 14.6. The number of halogens is 3. The Morgan fingerprint density at radius 2 is 1.88 bits per heavy atom. The van der Waals surface area contributed by atoms with Crippen LogP contribution in [0.2, 0.25) is 5.02 Å². The van der Waals surface area contributed by atoms with Gasteiger partial charge in [-0.25, -0.2) is 14.2 Å². The molecule has 4 rings (SSSR count). The minimum Gasteiger partial charge on any atom is -0.494 e. The molecule has 0 unspecified atom stereocenters. The number of amides is 3. The number of rotatable bonds is 8. The first-order valence-electron chi connectivity index (χ1n) is 12.5. The molecule has 1 saturated heterocycles. The van der Waals surface area contributed by atoms with Crippen LogP contribution in [0.5, 0.6) is 5.75 Å². The Bertz CT molecular complexity index is 1440. The van der Waals surface area contributed by atoms with E-state index in [1.54, 1.807) is 11.0 Å². The van der Waals surface area contributed by atoms with Gasteiger partial charge in [-0.3, -0.25) is 9.59 Å². The monoisotopic (exact) mass is 575 g/mol. The fraction of sp³-hybridized carbons (Fsp3) is 0.333. The predicted octanol–water partition coefficient (Wildman–Crippen LogP) is 4.62. The molecule has 13 heteroatoms. The third-order valence-electron chi connectivity index (χ3n) is 6.86. The Hall–Kier alpha value is -4.19. The average molecular weight is 576 g/mol. The number of hydrogen-bond donors (Lipinski definition) is 2. The number of likely N-dealkylation sites (tertiary alicyclic amines) is 1. The summed E-state index contributed by atoms with van der Waals surface area (Å²) in [5, 5.41) is 2.83. The van der Waals surface area contributed by atoms with Crippen LogP contribution >= 0.6 is 11.6 Å². The van der Waals surface area contributed by atoms with Gasteiger partial charge in [0.15, 0.2) is 17.4 Å². The van der Waals surface area contributed by atoms with Crippen molar-refractivity contribution in [3.8, 4) is 17.0 Å². The number of nitrogens with one attached hydrogen (secondary N) is 1. The topological polar surface area (TPSA) is 129 Å². The smallest absolute Gasteiger partial charge is 0.404 e. The average Bonchev–Trinajstić information content (AvgIpc) is 3.31. The number of nitrogens with zero attached hydrogens (tertiary/aromatic N) is 3. The van der Waals surface area contributed by atoms with Gasteiger partial charge < -0.3 is 30.0 Å². The van der Waals surface area contributed by atoms with Gasteiger partial charge >= 0.3 is 6.09 Å². The molecule has 0 bridgehead atoms. The van der Waals surface area contributed by atoms with Gasteiger partial charge in [0.2, 0.25) is 5.82 Å². The molecule has 1 fully saturated rings. The number of carbonyl (C=O) groups is 3. The molecule has 0 spiro atoms. The lowest BCUT2D eigenvalue weighted by molar-refractivity contribution is 0.0674. The molecule has 0 radical (unpaired) electrons. The summed E-state index contributed by atoms with van der Waals surface area (Å²) in [7, 11) is 2.73. The summed E-state index contributed by atoms with van der Waals surface area (Å²) >= 11 is 6.40. The van der Waals surface area contributed by atoms with Crippen molar-refractivity contribution in [2.24, 2.45) is 18.7 Å². The zero-order valence-corrected chi connectivity index (χ0v) is 22.6. The lowest BCUT2D eigenvalue weighted by Crippen LogP contribution is -2.38. The Morgan fingerprint density at radius 1 is 1.15 bits per heavy atom. The Labute approximate surface area is 234 Å². The summed E-state index contributed by atoms with van der Waals surface area (Å²) in [6.45, 7) is 1.33. The molecule has 0 aliphatic carbocycles. The first-order chi connectivity index (χ1) is 19.1. The van der Waals surface area contributed by atoms with E-state index in [-0.39, 0.29) is 40.4 Å². The minimum absolute atomic E-state index is 0.0500. The van der Waals surface area contributed by atoms with E-state index < -0.39 is 23.6 Å². The van der Waals surface area contributed by atoms with Crippen LogP contribution < -0.4 is 15.8 Å². The lowest BCUT2D eigenvalue weighted by Gasteiger charge is -2.32. The number of piperidine rings is 1. The fourth-order valence-electron chi connectivity index (χ4n) is 4.63. The highest BCUT2D eigenvalue weighted by molar-refractivity contribution is 6.34. The highest BCUT2D eigenvalue weighted by Crippen LogP contribution is 2.30. The van der Waals surface area contributed by atoms with Crippen molar-refractivity contribution in [2.75, 3.05) is 32.1 Å². The van der Waals surface area contributed by atoms with Gasteiger partial charge in [0.1, 0.15) is 0 Å². The van der Waals surface area contributed by atoms with Crippen LogP contribution in [-0.4, -0.2) is 59.2 Å². The molecule has 40 heavy (non-hydrogen) atoms. The maximum atomic E-state index is 14.6. The van der Waals surface area contributed by atoms with Crippen molar-refractivity contribution >= 4 is 35.2 Å². The first kappa shape index (κ1) is 28.8. The number of hydrogen-bond acceptors (Lipinski definition) is 6. The summed E-state index contributed by atoms with van der Waals surface area (Å²) in [6.07, 6.45) is 2.68. The molecule has 2 heterocycles. The molecule has 212 valence electrons. The van der Waals surface area contributed by atoms with Crippen LogP contribution in [0, 0.1) is 17.6 Å². The van der Waals surface area contributed by atoms with E-state index in [0.29, 0.717) is 36.7 Å². The second-order valence-electron chi connectivity index (χ2n) is 9.31. The number of benzene rings is 2. The summed E-state index contributed by atoms with van der Waals surface area (Å²) in [5.41, 5.74) is 5.71. The van der Waals surface area contributed by atoms with Crippen LogP contribution in [-0.2, 0) is 11.8 Å². The normalized spacial score (nSPS) is 13.7. The van der Waals surface area contributed by atoms with Crippen LogP contribution in [0.15, 0.2) is 36.5 Å². The largest absolute Gasteiger partial charge is 0.494 e. The number of carbonyl (C=O) groups excluding carboxylic acids is 3. The van der Waals surface area contributed by atoms with Gasteiger partial charge in [0.05, 0.1) is 36.2 Å². The Balaban J connectivity index is 1.40. The van der Waals surface area contributed by atoms with E-state index in [9.17, 15) is 23.2 Å². The predicted molar refractivity (Wildman–Crippen MR) is 143 cm³/mol. The summed E-state index contributed by atoms with van der Waals surface area (Å²) < 4.78 is 39.7. The van der Waals surface area contributed by atoms with Crippen molar-refractivity contribution < 1.29 is 32.6 Å². The highest BCUT2D eigenvalue weighted by atomic mass is 35.5. The van der Waals surface area contributed by atoms with Crippen molar-refractivity contribution in [3.05, 3.63) is 64.6 Å². The molecule has 3 aromatic rings. The number of nitrogens with two attached hydrogens (primary N) is 1. The quantitative estimate of drug-likeness (QED) is 0.403. The molecular weight excluding hydrogens is 548 g/mol. The van der Waals surface area contributed by atoms with Gasteiger partial charge in [-0.15, -0.1) is 0 Å². The standard InChI is InChI=1S/C27H28ClF2N5O5/c1-34-20(18-5-6-21(39-2)23(30)22(18)29)14-32-24(34)25(36)33-16-3-4-17(19(28)13-16)26(37)35-10-7-15(8-11-35)9-12-40-27(31)38/h3-6,13-15H,7-12H2,1-2H3,(H2,31,38)(H,33,36). The van der Waals surface area contributed by atoms with Crippen molar-refractivity contribution in [1.82, 2.24) is 14.5 Å². The van der Waals surface area contributed by atoms with Crippen molar-refractivity contribution in [2.45, 2.75) is 19.3 Å². The number of primary amides is 1. The third-order valence-corrected chi connectivity index (χ3v) is 7.18. The van der Waals surface area contributed by atoms with E-state index in [1.807, 2.05) is 0 Å². The van der Waals surface area contributed by atoms with E-state index in [0.717, 1.165) is 12.8 Å². The summed E-state index contributed by atoms with van der Waals surface area (Å²) in [5.74, 6) is -3.07. The van der Waals surface area contributed by atoms with E-state index in [1.165, 1.54) is 49.2 Å². The van der Waals surface area contributed by atoms with Crippen LogP contribution in [0.3, 0.4) is 0 Å². The number of anilines is 1. The van der Waals surface area contributed by atoms with E-state index in [2.05, 4.69) is 10.3 Å². The summed E-state index contributed by atoms with van der Waals surface area (Å²) in [4.78, 5) is 42.5. The molecule has 0 atom stereocenters. The molecule has 1 aromatic heterocycles. The molecule has 1 aliphatic rings. The molecular formula is C27H28ClF2N5O5. The van der Waals surface area contributed by atoms with Gasteiger partial charge in [0, 0.05) is 31.4 Å². The zero-order valence-electron chi connectivity index (χ0n) is 21.9. The number of ether oxygens (including phenoxy) is 2. The minimum atomic E-state index is -1.14. The summed E-state index contributed by atoms with van der Waals surface area (Å²) in [6, 6.07) is 7.17. The lowest BCUT2D eigenvalue weighted by atomic mass is 9.93. The number of methoxy groups -OCH3 is 1. The second kappa shape index (κ2) is 12.3. The van der Waals surface area contributed by atoms with Crippen LogP contribution in [0.4, 0.5) is 19.3 Å². The molecule has 0 saturated carbocycles. The maximum Gasteiger partial charge on any atom is 0.404 e. The third kappa shape index (κ3) is 6.17. The van der Waals surface area contributed by atoms with Gasteiger partial charge in [-0.1, -0.05) is 11.6 Å². The SMILES string of the molecule is COc1ccc(-c2cnc(C(=O)Nc3ccc(C(=O)N4CCC(CCOC(N)=O)CC4)c(Cl)c3)n2C)c(F)c1F. The molecule has 3 N–H and O–H groups in total. The second-order valence-corrected chi connectivity index (χ2v) is 9.72. The molecule has 2 aromatic carbocycles. The molecule has 10 nitrogen and oxygen atoms in total. The van der Waals surface area contributed by atoms with Crippen molar-refractivity contribution in [3.63, 3.8) is 0 Å². The van der Waals surface area contributed by atoms with Gasteiger partial charge in [0.25, 0.3) is 11.8 Å². The van der Waals surface area contributed by atoms with Crippen molar-refractivity contribution in [1.29, 1.82) is 0 Å². The first-order valence-corrected chi connectivity index (χ1v) is 12.8. The molecule has 1 aliphatic heterocycles. The van der Waals surface area contributed by atoms with Gasteiger partial charge in [-0.05, 0) is 55.5 Å². The Kier molecular flexibility index (Phi) is 8.88. The zero-order chi connectivity index (χ0) is 29.0. The van der Waals surface area contributed by atoms with E-state index >= 15 is 0 Å².